The number of nitrogens with one attached hydrogen (secondary N) is 1. The molecule has 0 aliphatic heterocycles. The first-order valence-electron chi connectivity index (χ1n) is 6.25. The highest BCUT2D eigenvalue weighted by molar-refractivity contribution is 6.33. The van der Waals surface area contributed by atoms with Crippen molar-refractivity contribution in [2.45, 2.75) is 25.3 Å². The maximum Gasteiger partial charge on any atom is 0.224 e. The van der Waals surface area contributed by atoms with E-state index in [1.54, 1.807) is 25.3 Å². The van der Waals surface area contributed by atoms with Crippen LogP contribution in [0, 0.1) is 0 Å². The standard InChI is InChI=1S/C14H19Cl2NO3/c1-14(5-6-18,9-20-2)17-13(19)8-10-7-11(15)3-4-12(10)16/h3-4,7,18H,5-6,8-9H2,1-2H3,(H,17,19). The normalized spacial score (nSPS) is 13.8. The van der Waals surface area contributed by atoms with Crippen LogP contribution in [0.5, 0.6) is 0 Å². The monoisotopic (exact) mass is 319 g/mol. The number of benzene rings is 1. The van der Waals surface area contributed by atoms with Crippen molar-refractivity contribution in [3.05, 3.63) is 33.8 Å². The summed E-state index contributed by atoms with van der Waals surface area (Å²) in [5.41, 5.74) is 0.0615. The summed E-state index contributed by atoms with van der Waals surface area (Å²) < 4.78 is 5.08. The van der Waals surface area contributed by atoms with E-state index in [0.29, 0.717) is 28.6 Å². The third-order valence-electron chi connectivity index (χ3n) is 2.93. The Morgan fingerprint density at radius 3 is 2.75 bits per heavy atom. The minimum atomic E-state index is -0.606. The van der Waals surface area contributed by atoms with Crippen molar-refractivity contribution in [3.63, 3.8) is 0 Å². The zero-order chi connectivity index (χ0) is 15.2. The molecule has 1 atom stereocenters. The highest BCUT2D eigenvalue weighted by Gasteiger charge is 2.26. The number of halogens is 2. The lowest BCUT2D eigenvalue weighted by molar-refractivity contribution is -0.123. The highest BCUT2D eigenvalue weighted by atomic mass is 35.5. The second-order valence-electron chi connectivity index (χ2n) is 4.93. The van der Waals surface area contributed by atoms with E-state index in [2.05, 4.69) is 5.32 Å². The zero-order valence-corrected chi connectivity index (χ0v) is 13.1. The maximum absolute atomic E-state index is 12.1. The Morgan fingerprint density at radius 2 is 2.15 bits per heavy atom. The Bertz CT molecular complexity index is 460. The smallest absolute Gasteiger partial charge is 0.224 e. The molecule has 112 valence electrons. The van der Waals surface area contributed by atoms with Gasteiger partial charge in [0.25, 0.3) is 0 Å². The van der Waals surface area contributed by atoms with Crippen molar-refractivity contribution < 1.29 is 14.6 Å². The summed E-state index contributed by atoms with van der Waals surface area (Å²) in [4.78, 5) is 12.1. The van der Waals surface area contributed by atoms with Gasteiger partial charge in [-0.2, -0.15) is 0 Å². The van der Waals surface area contributed by atoms with Crippen molar-refractivity contribution in [2.75, 3.05) is 20.3 Å². The van der Waals surface area contributed by atoms with Crippen molar-refractivity contribution in [3.8, 4) is 0 Å². The fourth-order valence-electron chi connectivity index (χ4n) is 1.97. The van der Waals surface area contributed by atoms with E-state index in [-0.39, 0.29) is 18.9 Å². The number of hydrogen-bond donors (Lipinski definition) is 2. The van der Waals surface area contributed by atoms with Crippen LogP contribution in [0.4, 0.5) is 0 Å². The molecule has 1 amide bonds. The maximum atomic E-state index is 12.1. The molecular weight excluding hydrogens is 301 g/mol. The second kappa shape index (κ2) is 7.84. The van der Waals surface area contributed by atoms with Crippen LogP contribution in [0.3, 0.4) is 0 Å². The Kier molecular flexibility index (Phi) is 6.76. The largest absolute Gasteiger partial charge is 0.396 e. The summed E-state index contributed by atoms with van der Waals surface area (Å²) in [6, 6.07) is 5.00. The van der Waals surface area contributed by atoms with E-state index in [9.17, 15) is 4.79 Å². The first-order valence-corrected chi connectivity index (χ1v) is 7.00. The molecule has 0 aromatic heterocycles. The molecule has 1 aromatic rings. The minimum Gasteiger partial charge on any atom is -0.396 e. The fourth-order valence-corrected chi connectivity index (χ4v) is 2.35. The van der Waals surface area contributed by atoms with Crippen LogP contribution < -0.4 is 5.32 Å². The minimum absolute atomic E-state index is 0.0297. The summed E-state index contributed by atoms with van der Waals surface area (Å²) in [6.07, 6.45) is 0.542. The van der Waals surface area contributed by atoms with E-state index < -0.39 is 5.54 Å². The van der Waals surface area contributed by atoms with Crippen LogP contribution in [-0.4, -0.2) is 36.9 Å². The number of aliphatic hydroxyl groups excluding tert-OH is 1. The lowest BCUT2D eigenvalue weighted by atomic mass is 9.98. The number of amides is 1. The Balaban J connectivity index is 2.72. The average molecular weight is 320 g/mol. The van der Waals surface area contributed by atoms with Gasteiger partial charge in [-0.25, -0.2) is 0 Å². The topological polar surface area (TPSA) is 58.6 Å². The van der Waals surface area contributed by atoms with Gasteiger partial charge in [0.1, 0.15) is 0 Å². The van der Waals surface area contributed by atoms with Crippen molar-refractivity contribution in [1.82, 2.24) is 5.32 Å². The van der Waals surface area contributed by atoms with Crippen molar-refractivity contribution in [2.24, 2.45) is 0 Å². The van der Waals surface area contributed by atoms with Gasteiger partial charge in [-0.3, -0.25) is 4.79 Å². The van der Waals surface area contributed by atoms with Gasteiger partial charge in [0.2, 0.25) is 5.91 Å². The summed E-state index contributed by atoms with van der Waals surface area (Å²) in [5.74, 6) is -0.192. The predicted octanol–water partition coefficient (Wildman–Crippen LogP) is 2.44. The van der Waals surface area contributed by atoms with Crippen LogP contribution in [0.1, 0.15) is 18.9 Å². The lowest BCUT2D eigenvalue weighted by Gasteiger charge is -2.29. The van der Waals surface area contributed by atoms with Gasteiger partial charge in [0.15, 0.2) is 0 Å². The Morgan fingerprint density at radius 1 is 1.45 bits per heavy atom. The summed E-state index contributed by atoms with van der Waals surface area (Å²) >= 11 is 11.9. The molecule has 6 heteroatoms. The Labute approximate surface area is 129 Å². The quantitative estimate of drug-likeness (QED) is 0.811. The number of rotatable bonds is 7. The highest BCUT2D eigenvalue weighted by Crippen LogP contribution is 2.21. The SMILES string of the molecule is COCC(C)(CCO)NC(=O)Cc1cc(Cl)ccc1Cl. The van der Waals surface area contributed by atoms with Gasteiger partial charge in [0, 0.05) is 23.8 Å². The van der Waals surface area contributed by atoms with E-state index in [4.69, 9.17) is 33.0 Å². The molecule has 1 unspecified atom stereocenters. The molecule has 4 nitrogen and oxygen atoms in total. The Hall–Kier alpha value is -0.810. The number of carbonyl (C=O) groups excluding carboxylic acids is 1. The van der Waals surface area contributed by atoms with Crippen LogP contribution >= 0.6 is 23.2 Å². The van der Waals surface area contributed by atoms with E-state index >= 15 is 0 Å². The molecular formula is C14H19Cl2NO3. The summed E-state index contributed by atoms with van der Waals surface area (Å²) in [5, 5.41) is 13.0. The van der Waals surface area contributed by atoms with E-state index in [1.807, 2.05) is 6.92 Å². The molecule has 0 fully saturated rings. The van der Waals surface area contributed by atoms with Crippen LogP contribution in [0.2, 0.25) is 10.0 Å². The lowest BCUT2D eigenvalue weighted by Crippen LogP contribution is -2.50. The third kappa shape index (κ3) is 5.29. The summed E-state index contributed by atoms with van der Waals surface area (Å²) in [6.45, 7) is 2.12. The predicted molar refractivity (Wildman–Crippen MR) is 80.3 cm³/mol. The van der Waals surface area contributed by atoms with E-state index in [0.717, 1.165) is 0 Å². The van der Waals surface area contributed by atoms with Crippen molar-refractivity contribution in [1.29, 1.82) is 0 Å². The average Bonchev–Trinajstić information content (AvgIpc) is 2.34. The molecule has 0 saturated carbocycles. The molecule has 0 spiro atoms. The van der Waals surface area contributed by atoms with Gasteiger partial charge < -0.3 is 15.2 Å². The van der Waals surface area contributed by atoms with Gasteiger partial charge in [0.05, 0.1) is 18.6 Å². The molecule has 1 aromatic carbocycles. The van der Waals surface area contributed by atoms with Gasteiger partial charge in [-0.15, -0.1) is 0 Å². The molecule has 2 N–H and O–H groups in total. The van der Waals surface area contributed by atoms with E-state index in [1.165, 1.54) is 0 Å². The molecule has 0 bridgehead atoms. The number of hydrogen-bond acceptors (Lipinski definition) is 3. The fraction of sp³-hybridized carbons (Fsp3) is 0.500. The van der Waals surface area contributed by atoms with Gasteiger partial charge >= 0.3 is 0 Å². The number of methoxy groups -OCH3 is 1. The molecule has 0 aliphatic rings. The molecule has 1 rings (SSSR count). The molecule has 0 radical (unpaired) electrons. The first kappa shape index (κ1) is 17.2. The number of aliphatic hydroxyl groups is 1. The molecule has 0 aliphatic carbocycles. The van der Waals surface area contributed by atoms with Crippen LogP contribution in [0.15, 0.2) is 18.2 Å². The third-order valence-corrected chi connectivity index (χ3v) is 3.53. The molecule has 20 heavy (non-hydrogen) atoms. The molecule has 0 heterocycles. The van der Waals surface area contributed by atoms with Crippen molar-refractivity contribution >= 4 is 29.1 Å². The zero-order valence-electron chi connectivity index (χ0n) is 11.6. The summed E-state index contributed by atoms with van der Waals surface area (Å²) in [7, 11) is 1.55. The number of ether oxygens (including phenoxy) is 1. The molecule has 0 saturated heterocycles. The first-order chi connectivity index (χ1) is 9.40. The number of carbonyl (C=O) groups is 1. The second-order valence-corrected chi connectivity index (χ2v) is 5.77. The van der Waals surface area contributed by atoms with Crippen LogP contribution in [0.25, 0.3) is 0 Å². The van der Waals surface area contributed by atoms with Gasteiger partial charge in [-0.1, -0.05) is 23.2 Å². The van der Waals surface area contributed by atoms with Gasteiger partial charge in [-0.05, 0) is 37.1 Å². The van der Waals surface area contributed by atoms with Crippen LogP contribution in [-0.2, 0) is 16.0 Å².